The Bertz CT molecular complexity index is 655. The molecule has 1 heterocycles. The van der Waals surface area contributed by atoms with Crippen molar-refractivity contribution in [1.29, 1.82) is 0 Å². The Labute approximate surface area is 158 Å². The summed E-state index contributed by atoms with van der Waals surface area (Å²) in [5, 5.41) is 3.99. The van der Waals surface area contributed by atoms with Gasteiger partial charge in [0.15, 0.2) is 5.96 Å². The molecule has 1 N–H and O–H groups in total. The van der Waals surface area contributed by atoms with Crippen molar-refractivity contribution in [2.24, 2.45) is 12.0 Å². The molecule has 0 amide bonds. The second-order valence-electron chi connectivity index (χ2n) is 5.14. The number of benzene rings is 1. The van der Waals surface area contributed by atoms with Crippen molar-refractivity contribution < 1.29 is 4.39 Å². The molecule has 1 aromatic heterocycles. The molecular formula is C16H21ClFIN4. The standard InChI is InChI=1S/C16H20ClFN4.HI/c1-19-16(20-9-12-4-6-14(18)7-5-12)22(3)11-15-8-13(17)10-21(15)2;/h4-8,10H,9,11H2,1-3H3,(H,19,20);1H. The molecule has 0 saturated carbocycles. The molecule has 4 nitrogen and oxygen atoms in total. The van der Waals surface area contributed by atoms with E-state index in [4.69, 9.17) is 11.6 Å². The highest BCUT2D eigenvalue weighted by Gasteiger charge is 2.09. The van der Waals surface area contributed by atoms with Gasteiger partial charge in [-0.15, -0.1) is 24.0 Å². The van der Waals surface area contributed by atoms with Crippen LogP contribution in [0.4, 0.5) is 4.39 Å². The van der Waals surface area contributed by atoms with E-state index in [1.165, 1.54) is 12.1 Å². The lowest BCUT2D eigenvalue weighted by molar-refractivity contribution is 0.461. The average Bonchev–Trinajstić information content (AvgIpc) is 2.79. The van der Waals surface area contributed by atoms with Crippen LogP contribution in [0, 0.1) is 5.82 Å². The lowest BCUT2D eigenvalue weighted by Crippen LogP contribution is -2.38. The van der Waals surface area contributed by atoms with Gasteiger partial charge in [0.25, 0.3) is 0 Å². The summed E-state index contributed by atoms with van der Waals surface area (Å²) in [5.74, 6) is 0.535. The fourth-order valence-electron chi connectivity index (χ4n) is 2.21. The predicted octanol–water partition coefficient (Wildman–Crippen LogP) is 3.64. The summed E-state index contributed by atoms with van der Waals surface area (Å²) in [6, 6.07) is 8.36. The maximum absolute atomic E-state index is 12.9. The molecule has 0 fully saturated rings. The highest BCUT2D eigenvalue weighted by Crippen LogP contribution is 2.14. The first-order valence-electron chi connectivity index (χ1n) is 6.96. The van der Waals surface area contributed by atoms with Crippen molar-refractivity contribution in [2.75, 3.05) is 14.1 Å². The van der Waals surface area contributed by atoms with E-state index in [0.29, 0.717) is 13.1 Å². The Balaban J connectivity index is 0.00000264. The third-order valence-electron chi connectivity index (χ3n) is 3.41. The maximum atomic E-state index is 12.9. The molecule has 7 heteroatoms. The normalized spacial score (nSPS) is 11.1. The van der Waals surface area contributed by atoms with Crippen molar-refractivity contribution >= 4 is 41.5 Å². The van der Waals surface area contributed by atoms with E-state index >= 15 is 0 Å². The minimum absolute atomic E-state index is 0. The van der Waals surface area contributed by atoms with Gasteiger partial charge in [0.05, 0.1) is 11.6 Å². The van der Waals surface area contributed by atoms with Crippen LogP contribution in [-0.4, -0.2) is 29.5 Å². The van der Waals surface area contributed by atoms with Gasteiger partial charge in [-0.25, -0.2) is 4.39 Å². The van der Waals surface area contributed by atoms with Gasteiger partial charge >= 0.3 is 0 Å². The van der Waals surface area contributed by atoms with Crippen LogP contribution in [0.15, 0.2) is 41.5 Å². The molecule has 0 radical (unpaired) electrons. The average molecular weight is 451 g/mol. The van der Waals surface area contributed by atoms with Gasteiger partial charge in [-0.2, -0.15) is 0 Å². The highest BCUT2D eigenvalue weighted by atomic mass is 127. The van der Waals surface area contributed by atoms with Crippen molar-refractivity contribution in [3.63, 3.8) is 0 Å². The third-order valence-corrected chi connectivity index (χ3v) is 3.62. The van der Waals surface area contributed by atoms with E-state index in [9.17, 15) is 4.39 Å². The number of aryl methyl sites for hydroxylation is 1. The molecule has 0 spiro atoms. The fraction of sp³-hybridized carbons (Fsp3) is 0.312. The largest absolute Gasteiger partial charge is 0.352 e. The molecule has 1 aromatic carbocycles. The first-order chi connectivity index (χ1) is 10.5. The fourth-order valence-corrected chi connectivity index (χ4v) is 2.48. The van der Waals surface area contributed by atoms with Crippen LogP contribution in [-0.2, 0) is 20.1 Å². The molecule has 0 aliphatic rings. The molecule has 0 aliphatic carbocycles. The number of aromatic nitrogens is 1. The number of halogens is 3. The van der Waals surface area contributed by atoms with E-state index < -0.39 is 0 Å². The minimum Gasteiger partial charge on any atom is -0.352 e. The molecule has 0 atom stereocenters. The van der Waals surface area contributed by atoms with Crippen LogP contribution >= 0.6 is 35.6 Å². The topological polar surface area (TPSA) is 32.6 Å². The van der Waals surface area contributed by atoms with E-state index in [1.54, 1.807) is 19.2 Å². The Morgan fingerprint density at radius 3 is 2.52 bits per heavy atom. The van der Waals surface area contributed by atoms with Crippen LogP contribution in [0.1, 0.15) is 11.3 Å². The molecule has 0 unspecified atom stereocenters. The smallest absolute Gasteiger partial charge is 0.194 e. The molecule has 2 aromatic rings. The summed E-state index contributed by atoms with van der Waals surface area (Å²) in [5.41, 5.74) is 2.09. The molecule has 126 valence electrons. The second-order valence-corrected chi connectivity index (χ2v) is 5.58. The molecule has 2 rings (SSSR count). The van der Waals surface area contributed by atoms with Gasteiger partial charge in [-0.05, 0) is 23.8 Å². The Morgan fingerprint density at radius 1 is 1.35 bits per heavy atom. The number of aliphatic imine (C=N–C) groups is 1. The van der Waals surface area contributed by atoms with Crippen molar-refractivity contribution in [3.05, 3.63) is 58.6 Å². The number of nitrogens with one attached hydrogen (secondary N) is 1. The summed E-state index contributed by atoms with van der Waals surface area (Å²) in [6.45, 7) is 1.28. The van der Waals surface area contributed by atoms with E-state index in [1.807, 2.05) is 35.8 Å². The van der Waals surface area contributed by atoms with E-state index in [0.717, 1.165) is 22.2 Å². The number of guanidine groups is 1. The van der Waals surface area contributed by atoms with E-state index in [2.05, 4.69) is 10.3 Å². The summed E-state index contributed by atoms with van der Waals surface area (Å²) in [7, 11) is 5.66. The lowest BCUT2D eigenvalue weighted by Gasteiger charge is -2.22. The van der Waals surface area contributed by atoms with Gasteiger partial charge in [0.2, 0.25) is 0 Å². The van der Waals surface area contributed by atoms with Crippen molar-refractivity contribution in [1.82, 2.24) is 14.8 Å². The highest BCUT2D eigenvalue weighted by molar-refractivity contribution is 14.0. The first-order valence-corrected chi connectivity index (χ1v) is 7.34. The van der Waals surface area contributed by atoms with Gasteiger partial charge in [0.1, 0.15) is 5.82 Å². The van der Waals surface area contributed by atoms with Crippen LogP contribution in [0.3, 0.4) is 0 Å². The Morgan fingerprint density at radius 2 is 2.00 bits per heavy atom. The zero-order valence-corrected chi connectivity index (χ0v) is 16.5. The summed E-state index contributed by atoms with van der Waals surface area (Å²) >= 11 is 6.00. The van der Waals surface area contributed by atoms with Gasteiger partial charge in [-0.1, -0.05) is 23.7 Å². The van der Waals surface area contributed by atoms with Crippen LogP contribution < -0.4 is 5.32 Å². The zero-order valence-electron chi connectivity index (χ0n) is 13.4. The van der Waals surface area contributed by atoms with E-state index in [-0.39, 0.29) is 29.8 Å². The van der Waals surface area contributed by atoms with Gasteiger partial charge < -0.3 is 14.8 Å². The number of hydrogen-bond acceptors (Lipinski definition) is 1. The quantitative estimate of drug-likeness (QED) is 0.438. The predicted molar refractivity (Wildman–Crippen MR) is 104 cm³/mol. The molecule has 0 aliphatic heterocycles. The second kappa shape index (κ2) is 9.12. The van der Waals surface area contributed by atoms with Crippen LogP contribution in [0.25, 0.3) is 0 Å². The van der Waals surface area contributed by atoms with Crippen LogP contribution in [0.5, 0.6) is 0 Å². The number of hydrogen-bond donors (Lipinski definition) is 1. The number of nitrogens with zero attached hydrogens (tertiary/aromatic N) is 3. The minimum atomic E-state index is -0.231. The first kappa shape index (κ1) is 19.8. The van der Waals surface area contributed by atoms with Crippen LogP contribution in [0.2, 0.25) is 5.02 Å². The molecular weight excluding hydrogens is 430 g/mol. The number of rotatable bonds is 4. The Kier molecular flexibility index (Phi) is 7.84. The SMILES string of the molecule is CN=C(NCc1ccc(F)cc1)N(C)Cc1cc(Cl)cn1C.I. The van der Waals surface area contributed by atoms with Gasteiger partial charge in [-0.3, -0.25) is 4.99 Å². The zero-order chi connectivity index (χ0) is 16.1. The summed E-state index contributed by atoms with van der Waals surface area (Å²) < 4.78 is 14.9. The molecule has 0 bridgehead atoms. The lowest BCUT2D eigenvalue weighted by atomic mass is 10.2. The molecule has 23 heavy (non-hydrogen) atoms. The van der Waals surface area contributed by atoms with Crippen molar-refractivity contribution in [3.8, 4) is 0 Å². The summed E-state index contributed by atoms with van der Waals surface area (Å²) in [6.07, 6.45) is 1.87. The Hall–Kier alpha value is -1.28. The summed E-state index contributed by atoms with van der Waals surface area (Å²) in [4.78, 5) is 6.28. The monoisotopic (exact) mass is 450 g/mol. The maximum Gasteiger partial charge on any atom is 0.194 e. The third kappa shape index (κ3) is 5.69. The van der Waals surface area contributed by atoms with Gasteiger partial charge in [0, 0.05) is 39.6 Å². The molecule has 0 saturated heterocycles. The van der Waals surface area contributed by atoms with Crippen molar-refractivity contribution in [2.45, 2.75) is 13.1 Å².